The number of rotatable bonds is 2. The van der Waals surface area contributed by atoms with Crippen molar-refractivity contribution in [2.24, 2.45) is 5.73 Å². The first kappa shape index (κ1) is 9.60. The van der Waals surface area contributed by atoms with Crippen LogP contribution >= 0.6 is 0 Å². The second kappa shape index (κ2) is 3.66. The molecule has 0 aliphatic heterocycles. The van der Waals surface area contributed by atoms with Crippen LogP contribution in [0.4, 0.5) is 5.82 Å². The summed E-state index contributed by atoms with van der Waals surface area (Å²) in [7, 11) is 0. The van der Waals surface area contributed by atoms with E-state index in [2.05, 4.69) is 15.1 Å². The summed E-state index contributed by atoms with van der Waals surface area (Å²) in [5, 5.41) is 4.22. The van der Waals surface area contributed by atoms with E-state index in [1.807, 2.05) is 6.92 Å². The number of aromatic nitrogens is 4. The van der Waals surface area contributed by atoms with Crippen molar-refractivity contribution in [2.75, 3.05) is 5.73 Å². The fraction of sp³-hybridized carbons (Fsp3) is 0.222. The van der Waals surface area contributed by atoms with E-state index in [0.29, 0.717) is 18.2 Å². The lowest BCUT2D eigenvalue weighted by Crippen LogP contribution is -2.07. The van der Waals surface area contributed by atoms with Crippen molar-refractivity contribution in [3.63, 3.8) is 0 Å². The third kappa shape index (κ3) is 1.79. The number of anilines is 1. The van der Waals surface area contributed by atoms with Crippen molar-refractivity contribution < 1.29 is 0 Å². The Morgan fingerprint density at radius 1 is 1.33 bits per heavy atom. The molecule has 78 valence electrons. The van der Waals surface area contributed by atoms with Gasteiger partial charge in [-0.1, -0.05) is 0 Å². The molecule has 4 N–H and O–H groups in total. The van der Waals surface area contributed by atoms with Gasteiger partial charge in [-0.25, -0.2) is 9.97 Å². The minimum absolute atomic E-state index is 0.371. The second-order valence-corrected chi connectivity index (χ2v) is 3.19. The van der Waals surface area contributed by atoms with Crippen molar-refractivity contribution in [1.82, 2.24) is 19.7 Å². The van der Waals surface area contributed by atoms with Crippen LogP contribution in [0.5, 0.6) is 0 Å². The van der Waals surface area contributed by atoms with Gasteiger partial charge in [0.05, 0.1) is 11.4 Å². The Morgan fingerprint density at radius 3 is 2.73 bits per heavy atom. The molecule has 2 aromatic heterocycles. The van der Waals surface area contributed by atoms with Gasteiger partial charge in [-0.3, -0.25) is 0 Å². The number of aryl methyl sites for hydroxylation is 1. The molecule has 0 aliphatic carbocycles. The molecule has 0 spiro atoms. The van der Waals surface area contributed by atoms with Crippen molar-refractivity contribution in [1.29, 1.82) is 0 Å². The van der Waals surface area contributed by atoms with Gasteiger partial charge in [0.15, 0.2) is 5.82 Å². The van der Waals surface area contributed by atoms with E-state index in [1.165, 1.54) is 6.33 Å². The standard InChI is InChI=1S/C9H12N6/c1-6-2-8(11)15(14-6)9-3-7(4-10)12-5-13-9/h2-3,5H,4,10-11H2,1H3. The summed E-state index contributed by atoms with van der Waals surface area (Å²) >= 11 is 0. The minimum Gasteiger partial charge on any atom is -0.384 e. The van der Waals surface area contributed by atoms with Gasteiger partial charge in [-0.2, -0.15) is 9.78 Å². The lowest BCUT2D eigenvalue weighted by atomic mass is 10.4. The summed E-state index contributed by atoms with van der Waals surface area (Å²) in [4.78, 5) is 8.09. The summed E-state index contributed by atoms with van der Waals surface area (Å²) in [6.07, 6.45) is 1.45. The molecule has 2 rings (SSSR count). The predicted molar refractivity (Wildman–Crippen MR) is 56.2 cm³/mol. The first-order valence-electron chi connectivity index (χ1n) is 4.54. The molecule has 0 bridgehead atoms. The summed E-state index contributed by atoms with van der Waals surface area (Å²) in [5.41, 5.74) is 12.9. The average molecular weight is 204 g/mol. The average Bonchev–Trinajstić information content (AvgIpc) is 2.58. The van der Waals surface area contributed by atoms with Crippen molar-refractivity contribution in [3.05, 3.63) is 29.8 Å². The molecule has 0 aliphatic rings. The van der Waals surface area contributed by atoms with Crippen LogP contribution in [0.1, 0.15) is 11.4 Å². The third-order valence-electron chi connectivity index (χ3n) is 1.99. The monoisotopic (exact) mass is 204 g/mol. The zero-order valence-corrected chi connectivity index (χ0v) is 8.38. The molecule has 2 heterocycles. The Morgan fingerprint density at radius 2 is 2.13 bits per heavy atom. The zero-order chi connectivity index (χ0) is 10.8. The van der Waals surface area contributed by atoms with Crippen molar-refractivity contribution in [2.45, 2.75) is 13.5 Å². The topological polar surface area (TPSA) is 95.6 Å². The second-order valence-electron chi connectivity index (χ2n) is 3.19. The number of hydrogen-bond acceptors (Lipinski definition) is 5. The summed E-state index contributed by atoms with van der Waals surface area (Å²) in [6.45, 7) is 2.24. The van der Waals surface area contributed by atoms with Gasteiger partial charge in [0.25, 0.3) is 0 Å². The van der Waals surface area contributed by atoms with Crippen LogP contribution in [0.3, 0.4) is 0 Å². The molecule has 0 radical (unpaired) electrons. The zero-order valence-electron chi connectivity index (χ0n) is 8.38. The number of nitrogens with two attached hydrogens (primary N) is 2. The summed E-state index contributed by atoms with van der Waals surface area (Å²) in [6, 6.07) is 3.55. The molecular formula is C9H12N6. The SMILES string of the molecule is Cc1cc(N)n(-c2cc(CN)ncn2)n1. The van der Waals surface area contributed by atoms with Gasteiger partial charge >= 0.3 is 0 Å². The molecule has 0 saturated heterocycles. The van der Waals surface area contributed by atoms with Crippen LogP contribution in [0, 0.1) is 6.92 Å². The highest BCUT2D eigenvalue weighted by Gasteiger charge is 2.06. The molecule has 2 aromatic rings. The normalized spacial score (nSPS) is 10.5. The van der Waals surface area contributed by atoms with E-state index < -0.39 is 0 Å². The molecule has 15 heavy (non-hydrogen) atoms. The van der Waals surface area contributed by atoms with E-state index in [1.54, 1.807) is 16.8 Å². The molecule has 0 amide bonds. The van der Waals surface area contributed by atoms with E-state index in [4.69, 9.17) is 11.5 Å². The first-order valence-corrected chi connectivity index (χ1v) is 4.54. The Kier molecular flexibility index (Phi) is 2.34. The summed E-state index contributed by atoms with van der Waals surface area (Å²) < 4.78 is 1.57. The lowest BCUT2D eigenvalue weighted by Gasteiger charge is -2.03. The van der Waals surface area contributed by atoms with Gasteiger partial charge in [-0.05, 0) is 6.92 Å². The Bertz CT molecular complexity index is 475. The maximum Gasteiger partial charge on any atom is 0.159 e. The van der Waals surface area contributed by atoms with Crippen LogP contribution < -0.4 is 11.5 Å². The third-order valence-corrected chi connectivity index (χ3v) is 1.99. The predicted octanol–water partition coefficient (Wildman–Crippen LogP) is 0.0116. The Labute approximate surface area is 86.9 Å². The van der Waals surface area contributed by atoms with E-state index in [0.717, 1.165) is 11.4 Å². The van der Waals surface area contributed by atoms with Crippen molar-refractivity contribution in [3.8, 4) is 5.82 Å². The molecule has 6 nitrogen and oxygen atoms in total. The first-order chi connectivity index (χ1) is 7.20. The highest BCUT2D eigenvalue weighted by atomic mass is 15.3. The van der Waals surface area contributed by atoms with Gasteiger partial charge in [0.1, 0.15) is 12.1 Å². The smallest absolute Gasteiger partial charge is 0.159 e. The number of nitrogen functional groups attached to an aromatic ring is 1. The highest BCUT2D eigenvalue weighted by molar-refractivity contribution is 5.39. The van der Waals surface area contributed by atoms with E-state index in [9.17, 15) is 0 Å². The highest BCUT2D eigenvalue weighted by Crippen LogP contribution is 2.11. The number of nitrogens with zero attached hydrogens (tertiary/aromatic N) is 4. The molecular weight excluding hydrogens is 192 g/mol. The van der Waals surface area contributed by atoms with Gasteiger partial charge in [0.2, 0.25) is 0 Å². The van der Waals surface area contributed by atoms with Crippen LogP contribution in [0.2, 0.25) is 0 Å². The van der Waals surface area contributed by atoms with Crippen LogP contribution in [-0.4, -0.2) is 19.7 Å². The van der Waals surface area contributed by atoms with Gasteiger partial charge < -0.3 is 11.5 Å². The quantitative estimate of drug-likeness (QED) is 0.718. The van der Waals surface area contributed by atoms with Gasteiger partial charge in [-0.15, -0.1) is 0 Å². The maximum absolute atomic E-state index is 5.77. The fourth-order valence-electron chi connectivity index (χ4n) is 1.32. The van der Waals surface area contributed by atoms with Crippen molar-refractivity contribution >= 4 is 5.82 Å². The largest absolute Gasteiger partial charge is 0.384 e. The Hall–Kier alpha value is -1.95. The van der Waals surface area contributed by atoms with Crippen LogP contribution in [0.15, 0.2) is 18.5 Å². The molecule has 0 aromatic carbocycles. The molecule has 6 heteroatoms. The Balaban J connectivity index is 2.49. The van der Waals surface area contributed by atoms with Gasteiger partial charge in [0, 0.05) is 18.7 Å². The fourth-order valence-corrected chi connectivity index (χ4v) is 1.32. The molecule has 0 fully saturated rings. The molecule has 0 saturated carbocycles. The molecule has 0 atom stereocenters. The number of hydrogen-bond donors (Lipinski definition) is 2. The van der Waals surface area contributed by atoms with Crippen LogP contribution in [0.25, 0.3) is 5.82 Å². The maximum atomic E-state index is 5.77. The molecule has 0 unspecified atom stereocenters. The van der Waals surface area contributed by atoms with E-state index in [-0.39, 0.29) is 0 Å². The minimum atomic E-state index is 0.371. The van der Waals surface area contributed by atoms with E-state index >= 15 is 0 Å². The summed E-state index contributed by atoms with van der Waals surface area (Å²) in [5.74, 6) is 1.19. The van der Waals surface area contributed by atoms with Crippen LogP contribution in [-0.2, 0) is 6.54 Å². The lowest BCUT2D eigenvalue weighted by molar-refractivity contribution is 0.822.